The predicted molar refractivity (Wildman–Crippen MR) is 221 cm³/mol. The van der Waals surface area contributed by atoms with Gasteiger partial charge in [0, 0.05) is 45.5 Å². The third-order valence-electron chi connectivity index (χ3n) is 6.71. The summed E-state index contributed by atoms with van der Waals surface area (Å²) >= 11 is 0. The molecule has 0 aliphatic heterocycles. The van der Waals surface area contributed by atoms with E-state index < -0.39 is 11.9 Å². The Morgan fingerprint density at radius 1 is 0.536 bits per heavy atom. The molecule has 0 saturated carbocycles. The molecular weight excluding hydrogens is 716 g/mol. The van der Waals surface area contributed by atoms with Gasteiger partial charge in [0.15, 0.2) is 0 Å². The molecule has 0 saturated heterocycles. The first-order valence-electron chi connectivity index (χ1n) is 17.2. The number of unbranched alkanes of at least 4 members (excludes halogenated alkanes) is 1. The molecule has 0 fully saturated rings. The summed E-state index contributed by atoms with van der Waals surface area (Å²) in [6, 6.07) is 13.9. The highest BCUT2D eigenvalue weighted by atomic mass is 16.5. The van der Waals surface area contributed by atoms with Crippen molar-refractivity contribution in [3.8, 4) is 56.8 Å². The number of esters is 2. The molecule has 0 heterocycles. The van der Waals surface area contributed by atoms with Gasteiger partial charge in [0.2, 0.25) is 0 Å². The van der Waals surface area contributed by atoms with Crippen LogP contribution in [0, 0.1) is 0 Å². The standard InChI is InChI=1S/C33H36O8.3C4H6O/c1-9-10-15-39-30-18-27(25-13-11-22(36-6)16-28(25)37-7)31(41-33(35)21(4)5)19-26(30)24-14-12-23(17-29(24)38-8)40-32(34)20(2)3;3*1-4(2)3-5/h11-14,16-19H,2,4,9-10,15H2,1,3,5-8H3;3*3H,1H2,2H3. The summed E-state index contributed by atoms with van der Waals surface area (Å²) in [5, 5.41) is 0. The van der Waals surface area contributed by atoms with Gasteiger partial charge < -0.3 is 28.4 Å². The molecule has 300 valence electrons. The van der Waals surface area contributed by atoms with Gasteiger partial charge in [-0.25, -0.2) is 9.59 Å². The molecule has 0 spiro atoms. The fourth-order valence-corrected chi connectivity index (χ4v) is 3.87. The summed E-state index contributed by atoms with van der Waals surface area (Å²) in [4.78, 5) is 53.0. The van der Waals surface area contributed by atoms with Gasteiger partial charge in [-0.05, 0) is 94.2 Å². The molecule has 0 N–H and O–H groups in total. The van der Waals surface area contributed by atoms with E-state index >= 15 is 0 Å². The minimum Gasteiger partial charge on any atom is -0.497 e. The van der Waals surface area contributed by atoms with Gasteiger partial charge in [-0.3, -0.25) is 14.4 Å². The first-order valence-corrected chi connectivity index (χ1v) is 17.2. The second-order valence-electron chi connectivity index (χ2n) is 12.2. The van der Waals surface area contributed by atoms with Gasteiger partial charge >= 0.3 is 11.9 Å². The van der Waals surface area contributed by atoms with Crippen LogP contribution in [0.4, 0.5) is 0 Å². The number of aldehydes is 3. The predicted octanol–water partition coefficient (Wildman–Crippen LogP) is 9.47. The highest BCUT2D eigenvalue weighted by Gasteiger charge is 2.23. The van der Waals surface area contributed by atoms with E-state index in [1.54, 1.807) is 85.2 Å². The number of ether oxygens (including phenoxy) is 6. The summed E-state index contributed by atoms with van der Waals surface area (Å²) < 4.78 is 34.2. The van der Waals surface area contributed by atoms with Crippen molar-refractivity contribution in [3.63, 3.8) is 0 Å². The molecule has 0 bridgehead atoms. The van der Waals surface area contributed by atoms with E-state index in [9.17, 15) is 24.0 Å². The van der Waals surface area contributed by atoms with Gasteiger partial charge in [0.1, 0.15) is 53.4 Å². The number of methoxy groups -OCH3 is 3. The van der Waals surface area contributed by atoms with Crippen LogP contribution >= 0.6 is 0 Å². The second kappa shape index (κ2) is 26.3. The molecule has 0 atom stereocenters. The van der Waals surface area contributed by atoms with Crippen LogP contribution in [0.15, 0.2) is 109 Å². The van der Waals surface area contributed by atoms with Gasteiger partial charge in [0.25, 0.3) is 0 Å². The normalized spacial score (nSPS) is 9.38. The molecule has 0 unspecified atom stereocenters. The quantitative estimate of drug-likeness (QED) is 0.0452. The molecule has 56 heavy (non-hydrogen) atoms. The van der Waals surface area contributed by atoms with E-state index in [0.717, 1.165) is 31.7 Å². The summed E-state index contributed by atoms with van der Waals surface area (Å²) in [6.45, 7) is 27.9. The monoisotopic (exact) mass is 770 g/mol. The fraction of sp³-hybridized carbons (Fsp3) is 0.267. The lowest BCUT2D eigenvalue weighted by atomic mass is 9.96. The molecule has 0 amide bonds. The van der Waals surface area contributed by atoms with Crippen LogP contribution in [0.5, 0.6) is 34.5 Å². The molecule has 0 aromatic heterocycles. The third-order valence-corrected chi connectivity index (χ3v) is 6.71. The van der Waals surface area contributed by atoms with Crippen molar-refractivity contribution in [2.24, 2.45) is 0 Å². The van der Waals surface area contributed by atoms with E-state index in [1.165, 1.54) is 7.11 Å². The minimum atomic E-state index is -0.585. The van der Waals surface area contributed by atoms with Gasteiger partial charge in [-0.1, -0.05) is 46.2 Å². The zero-order valence-electron chi connectivity index (χ0n) is 34.0. The molecular formula is C45H54O11. The van der Waals surface area contributed by atoms with E-state index in [1.807, 2.05) is 12.1 Å². The highest BCUT2D eigenvalue weighted by molar-refractivity contribution is 5.93. The summed E-state index contributed by atoms with van der Waals surface area (Å²) in [5.41, 5.74) is 4.71. The first-order chi connectivity index (χ1) is 26.4. The van der Waals surface area contributed by atoms with Crippen molar-refractivity contribution >= 4 is 30.8 Å². The summed E-state index contributed by atoms with van der Waals surface area (Å²) in [5.74, 6) is 1.51. The maximum Gasteiger partial charge on any atom is 0.338 e. The van der Waals surface area contributed by atoms with Crippen LogP contribution in [-0.2, 0) is 24.0 Å². The number of allylic oxidation sites excluding steroid dienone is 3. The lowest BCUT2D eigenvalue weighted by Crippen LogP contribution is -2.10. The van der Waals surface area contributed by atoms with Crippen LogP contribution < -0.4 is 28.4 Å². The number of hydrogen-bond donors (Lipinski definition) is 0. The van der Waals surface area contributed by atoms with E-state index in [-0.39, 0.29) is 16.9 Å². The number of rotatable bonds is 16. The van der Waals surface area contributed by atoms with Crippen molar-refractivity contribution in [2.75, 3.05) is 27.9 Å². The van der Waals surface area contributed by atoms with Crippen LogP contribution in [0.2, 0.25) is 0 Å². The Kier molecular flexibility index (Phi) is 23.3. The lowest BCUT2D eigenvalue weighted by Gasteiger charge is -2.20. The average molecular weight is 771 g/mol. The molecule has 3 aromatic rings. The SMILES string of the molecule is C=C(C)C(=O)Oc1ccc(-c2cc(OC(=O)C(=C)C)c(-c3ccc(OC)cc3OC)cc2OCCCC)c(OC)c1.C=C(C)C=O.C=C(C)C=O.C=C(C)C=O. The molecule has 0 aliphatic carbocycles. The maximum absolute atomic E-state index is 12.7. The van der Waals surface area contributed by atoms with Gasteiger partial charge in [0.05, 0.1) is 27.9 Å². The van der Waals surface area contributed by atoms with E-state index in [2.05, 4.69) is 39.8 Å². The number of carbonyl (C=O) groups excluding carboxylic acids is 5. The van der Waals surface area contributed by atoms with Crippen LogP contribution in [0.3, 0.4) is 0 Å². The van der Waals surface area contributed by atoms with Crippen molar-refractivity contribution in [3.05, 3.63) is 109 Å². The zero-order chi connectivity index (χ0) is 43.0. The summed E-state index contributed by atoms with van der Waals surface area (Å²) in [7, 11) is 4.64. The van der Waals surface area contributed by atoms with Gasteiger partial charge in [-0.2, -0.15) is 0 Å². The lowest BCUT2D eigenvalue weighted by molar-refractivity contribution is -0.130. The fourth-order valence-electron chi connectivity index (χ4n) is 3.87. The Labute approximate surface area is 330 Å². The Morgan fingerprint density at radius 3 is 1.32 bits per heavy atom. The Bertz CT molecular complexity index is 1860. The molecule has 0 radical (unpaired) electrons. The Balaban J connectivity index is 0.00000171. The second-order valence-corrected chi connectivity index (χ2v) is 12.2. The average Bonchev–Trinajstić information content (AvgIpc) is 3.18. The highest BCUT2D eigenvalue weighted by Crippen LogP contribution is 2.47. The number of carbonyl (C=O) groups is 5. The molecule has 3 aromatic carbocycles. The molecule has 11 nitrogen and oxygen atoms in total. The Hall–Kier alpha value is -6.49. The van der Waals surface area contributed by atoms with E-state index in [0.29, 0.717) is 74.3 Å². The van der Waals surface area contributed by atoms with Gasteiger partial charge in [-0.15, -0.1) is 0 Å². The number of hydrogen-bond acceptors (Lipinski definition) is 11. The molecule has 0 aliphatic rings. The molecule has 3 rings (SSSR count). The first kappa shape index (κ1) is 49.5. The van der Waals surface area contributed by atoms with E-state index in [4.69, 9.17) is 28.4 Å². The zero-order valence-corrected chi connectivity index (χ0v) is 34.0. The molecule has 11 heteroatoms. The third kappa shape index (κ3) is 17.6. The van der Waals surface area contributed by atoms with Crippen molar-refractivity contribution in [2.45, 2.75) is 54.4 Å². The Morgan fingerprint density at radius 2 is 0.929 bits per heavy atom. The van der Waals surface area contributed by atoms with Crippen LogP contribution in [0.25, 0.3) is 22.3 Å². The number of benzene rings is 3. The van der Waals surface area contributed by atoms with Crippen LogP contribution in [-0.4, -0.2) is 58.7 Å². The maximum atomic E-state index is 12.7. The van der Waals surface area contributed by atoms with Crippen molar-refractivity contribution < 1.29 is 52.4 Å². The van der Waals surface area contributed by atoms with Crippen molar-refractivity contribution in [1.29, 1.82) is 0 Å². The minimum absolute atomic E-state index is 0.240. The topological polar surface area (TPSA) is 141 Å². The smallest absolute Gasteiger partial charge is 0.338 e. The largest absolute Gasteiger partial charge is 0.497 e. The van der Waals surface area contributed by atoms with Crippen LogP contribution in [0.1, 0.15) is 54.4 Å². The van der Waals surface area contributed by atoms with Crippen molar-refractivity contribution in [1.82, 2.24) is 0 Å². The summed E-state index contributed by atoms with van der Waals surface area (Å²) in [6.07, 6.45) is 3.94.